The highest BCUT2D eigenvalue weighted by Gasteiger charge is 2.26. The fourth-order valence-electron chi connectivity index (χ4n) is 3.42. The van der Waals surface area contributed by atoms with Gasteiger partial charge in [0.25, 0.3) is 0 Å². The van der Waals surface area contributed by atoms with Gasteiger partial charge >= 0.3 is 0 Å². The van der Waals surface area contributed by atoms with Crippen LogP contribution in [0.3, 0.4) is 0 Å². The lowest BCUT2D eigenvalue weighted by Crippen LogP contribution is -2.09. The first-order valence-electron chi connectivity index (χ1n) is 9.75. The highest BCUT2D eigenvalue weighted by molar-refractivity contribution is 5.78. The van der Waals surface area contributed by atoms with Crippen molar-refractivity contribution in [3.8, 4) is 0 Å². The Labute approximate surface area is 164 Å². The number of aliphatic hydroxyl groups is 1. The van der Waals surface area contributed by atoms with Crippen molar-refractivity contribution in [3.63, 3.8) is 0 Å². The smallest absolute Gasteiger partial charge is 0.149 e. The molecule has 0 saturated heterocycles. The first kappa shape index (κ1) is 20.1. The van der Waals surface area contributed by atoms with Crippen molar-refractivity contribution < 1.29 is 14.3 Å². The minimum Gasteiger partial charge on any atom is -0.386 e. The number of aliphatic hydroxyl groups excluding tert-OH is 1. The van der Waals surface area contributed by atoms with E-state index in [0.717, 1.165) is 11.3 Å². The number of ketones is 1. The summed E-state index contributed by atoms with van der Waals surface area (Å²) in [7, 11) is 0. The van der Waals surface area contributed by atoms with Gasteiger partial charge in [-0.1, -0.05) is 19.4 Å². The second-order valence-electron chi connectivity index (χ2n) is 7.14. The van der Waals surface area contributed by atoms with Crippen LogP contribution in [0.25, 0.3) is 5.52 Å². The summed E-state index contributed by atoms with van der Waals surface area (Å²) < 4.78 is 15.4. The van der Waals surface area contributed by atoms with Gasteiger partial charge in [0.15, 0.2) is 0 Å². The maximum atomic E-state index is 13.7. The second-order valence-corrected chi connectivity index (χ2v) is 7.14. The number of carbonyl (C=O) groups is 1. The van der Waals surface area contributed by atoms with E-state index in [1.54, 1.807) is 41.9 Å². The van der Waals surface area contributed by atoms with Gasteiger partial charge in [0.2, 0.25) is 0 Å². The quantitative estimate of drug-likeness (QED) is 0.703. The van der Waals surface area contributed by atoms with Crippen LogP contribution in [-0.4, -0.2) is 25.5 Å². The highest BCUT2D eigenvalue weighted by Crippen LogP contribution is 2.40. The summed E-state index contributed by atoms with van der Waals surface area (Å²) in [6, 6.07) is 8.49. The van der Waals surface area contributed by atoms with Gasteiger partial charge in [0.1, 0.15) is 23.2 Å². The summed E-state index contributed by atoms with van der Waals surface area (Å²) in [5.74, 6) is 0.428. The van der Waals surface area contributed by atoms with Crippen LogP contribution in [0, 0.1) is 12.7 Å². The lowest BCUT2D eigenvalue weighted by molar-refractivity contribution is -0.120. The molecule has 1 aliphatic rings. The zero-order valence-corrected chi connectivity index (χ0v) is 16.3. The Balaban J connectivity index is 0.000000163. The van der Waals surface area contributed by atoms with Crippen LogP contribution in [0.2, 0.25) is 0 Å². The molecule has 1 N–H and O–H groups in total. The van der Waals surface area contributed by atoms with E-state index in [0.29, 0.717) is 23.5 Å². The van der Waals surface area contributed by atoms with Crippen LogP contribution in [0.5, 0.6) is 0 Å². The molecule has 1 atom stereocenters. The third-order valence-corrected chi connectivity index (χ3v) is 5.19. The van der Waals surface area contributed by atoms with Crippen LogP contribution in [0.15, 0.2) is 42.7 Å². The van der Waals surface area contributed by atoms with Crippen molar-refractivity contribution in [1.82, 2.24) is 14.6 Å². The van der Waals surface area contributed by atoms with Crippen LogP contribution in [0.4, 0.5) is 4.39 Å². The predicted molar refractivity (Wildman–Crippen MR) is 106 cm³/mol. The fraction of sp³-hybridized carbons (Fsp3) is 0.409. The molecule has 3 heterocycles. The van der Waals surface area contributed by atoms with Crippen molar-refractivity contribution in [2.24, 2.45) is 0 Å². The number of nitrogens with zero attached hydrogens (tertiary/aromatic N) is 3. The number of Topliss-reactive ketones (excluding diaryl/α,β-unsaturated/α-hetero) is 1. The number of halogens is 1. The summed E-state index contributed by atoms with van der Waals surface area (Å²) in [6.07, 6.45) is 6.90. The molecule has 4 rings (SSSR count). The Morgan fingerprint density at radius 2 is 2.11 bits per heavy atom. The number of pyridine rings is 2. The van der Waals surface area contributed by atoms with Crippen molar-refractivity contribution >= 4 is 11.3 Å². The largest absolute Gasteiger partial charge is 0.386 e. The number of fused-ring (bicyclic) bond motifs is 1. The van der Waals surface area contributed by atoms with Crippen molar-refractivity contribution in [2.75, 3.05) is 0 Å². The van der Waals surface area contributed by atoms with Crippen LogP contribution < -0.4 is 0 Å². The average Bonchev–Trinajstić information content (AvgIpc) is 2.99. The maximum absolute atomic E-state index is 13.7. The minimum absolute atomic E-state index is 0.0538. The molecule has 1 unspecified atom stereocenters. The number of aryl methyl sites for hydroxylation is 1. The molecule has 0 aliphatic heterocycles. The minimum atomic E-state index is -0.756. The molecule has 0 amide bonds. The van der Waals surface area contributed by atoms with Crippen molar-refractivity contribution in [1.29, 1.82) is 0 Å². The van der Waals surface area contributed by atoms with Gasteiger partial charge in [-0.2, -0.15) is 5.10 Å². The van der Waals surface area contributed by atoms with Gasteiger partial charge in [-0.15, -0.1) is 0 Å². The van der Waals surface area contributed by atoms with E-state index in [2.05, 4.69) is 10.1 Å². The number of carbonyl (C=O) groups excluding carboxylic acids is 1. The lowest BCUT2D eigenvalue weighted by atomic mass is 9.79. The first-order valence-corrected chi connectivity index (χ1v) is 9.75. The topological polar surface area (TPSA) is 67.5 Å². The Morgan fingerprint density at radius 1 is 1.32 bits per heavy atom. The SMILES string of the molecule is CCC(=O)CC(O)c1ccccn1.Cc1nn2cccc(F)c2c1C1CCC1. The zero-order valence-electron chi connectivity index (χ0n) is 16.3. The number of hydrogen-bond donors (Lipinski definition) is 1. The molecule has 1 aliphatic carbocycles. The summed E-state index contributed by atoms with van der Waals surface area (Å²) in [6.45, 7) is 3.76. The lowest BCUT2D eigenvalue weighted by Gasteiger charge is -2.25. The number of rotatable bonds is 5. The average molecular weight is 383 g/mol. The zero-order chi connectivity index (χ0) is 20.1. The number of aromatic nitrogens is 3. The van der Waals surface area contributed by atoms with Crippen LogP contribution in [0.1, 0.15) is 68.0 Å². The molecule has 0 bridgehead atoms. The Hall–Kier alpha value is -2.60. The second kappa shape index (κ2) is 9.06. The maximum Gasteiger partial charge on any atom is 0.149 e. The molecule has 0 aromatic carbocycles. The molecule has 3 aromatic rings. The van der Waals surface area contributed by atoms with Gasteiger partial charge in [-0.25, -0.2) is 8.91 Å². The summed E-state index contributed by atoms with van der Waals surface area (Å²) in [5.41, 5.74) is 3.34. The van der Waals surface area contributed by atoms with Crippen molar-refractivity contribution in [2.45, 2.75) is 58.0 Å². The van der Waals surface area contributed by atoms with E-state index in [4.69, 9.17) is 0 Å². The molecule has 0 spiro atoms. The molecule has 0 radical (unpaired) electrons. The van der Waals surface area contributed by atoms with Gasteiger partial charge in [0, 0.05) is 30.8 Å². The van der Waals surface area contributed by atoms with Gasteiger partial charge < -0.3 is 5.11 Å². The predicted octanol–water partition coefficient (Wildman–Crippen LogP) is 4.53. The number of hydrogen-bond acceptors (Lipinski definition) is 4. The first-order chi connectivity index (χ1) is 13.5. The third kappa shape index (κ3) is 4.44. The van der Waals surface area contributed by atoms with Crippen LogP contribution in [-0.2, 0) is 4.79 Å². The molecule has 5 nitrogen and oxygen atoms in total. The molecule has 28 heavy (non-hydrogen) atoms. The molecule has 1 saturated carbocycles. The summed E-state index contributed by atoms with van der Waals surface area (Å²) >= 11 is 0. The third-order valence-electron chi connectivity index (χ3n) is 5.19. The molecule has 6 heteroatoms. The Morgan fingerprint density at radius 3 is 2.71 bits per heavy atom. The normalized spacial score (nSPS) is 14.9. The van der Waals surface area contributed by atoms with E-state index in [-0.39, 0.29) is 18.0 Å². The Kier molecular flexibility index (Phi) is 6.52. The molecular weight excluding hydrogens is 357 g/mol. The van der Waals surface area contributed by atoms with Crippen molar-refractivity contribution in [3.05, 3.63) is 65.5 Å². The van der Waals surface area contributed by atoms with Gasteiger partial charge in [0.05, 0.1) is 11.4 Å². The van der Waals surface area contributed by atoms with E-state index >= 15 is 0 Å². The molecule has 148 valence electrons. The summed E-state index contributed by atoms with van der Waals surface area (Å²) in [5, 5.41) is 13.9. The van der Waals surface area contributed by atoms with E-state index < -0.39 is 6.10 Å². The van der Waals surface area contributed by atoms with E-state index in [9.17, 15) is 14.3 Å². The fourth-order valence-corrected chi connectivity index (χ4v) is 3.42. The Bertz CT molecular complexity index is 936. The monoisotopic (exact) mass is 383 g/mol. The molecule has 3 aromatic heterocycles. The van der Waals surface area contributed by atoms with Gasteiger partial charge in [-0.3, -0.25) is 9.78 Å². The molecular formula is C22H26FN3O2. The molecule has 1 fully saturated rings. The van der Waals surface area contributed by atoms with Crippen LogP contribution >= 0.6 is 0 Å². The van der Waals surface area contributed by atoms with E-state index in [1.807, 2.05) is 13.1 Å². The van der Waals surface area contributed by atoms with Gasteiger partial charge in [-0.05, 0) is 49.9 Å². The van der Waals surface area contributed by atoms with E-state index in [1.165, 1.54) is 25.3 Å². The highest BCUT2D eigenvalue weighted by atomic mass is 19.1. The standard InChI is InChI=1S/C12H13FN2.C10H13NO2/c1-8-11(9-4-2-5-9)12-10(13)6-3-7-15(12)14-8;1-2-8(12)7-10(13)9-5-3-4-6-11-9/h3,6-7,9H,2,4-5H2,1H3;3-6,10,13H,2,7H2,1H3. The summed E-state index contributed by atoms with van der Waals surface area (Å²) in [4.78, 5) is 15.0.